The standard InChI is InChI=1S/C9H8O4.C6H11NO.C2H6O/c10-5-6-3-8-9(4-7(6)11)13-2-1-12-8;1-7-4-2-3-6(7)5-8;1-3-2/h3-5,11H,1-2H2;5-6H,2-4H2,1H3;1-2H3. The van der Waals surface area contributed by atoms with Crippen molar-refractivity contribution in [3.05, 3.63) is 17.7 Å². The SMILES string of the molecule is CN1CCCC1C=O.COC.O=Cc1cc2c(cc1O)OCCO2. The average Bonchev–Trinajstić information content (AvgIpc) is 3.00. The van der Waals surface area contributed by atoms with Crippen LogP contribution in [-0.2, 0) is 9.53 Å². The van der Waals surface area contributed by atoms with Crippen LogP contribution in [0.5, 0.6) is 17.2 Å². The van der Waals surface area contributed by atoms with Crippen LogP contribution >= 0.6 is 0 Å². The van der Waals surface area contributed by atoms with E-state index in [2.05, 4.69) is 9.64 Å². The summed E-state index contributed by atoms with van der Waals surface area (Å²) >= 11 is 0. The van der Waals surface area contributed by atoms with Gasteiger partial charge < -0.3 is 24.1 Å². The lowest BCUT2D eigenvalue weighted by molar-refractivity contribution is -0.111. The Balaban J connectivity index is 0.000000224. The van der Waals surface area contributed by atoms with Gasteiger partial charge in [0, 0.05) is 20.3 Å². The summed E-state index contributed by atoms with van der Waals surface area (Å²) in [6.45, 7) is 2.02. The van der Waals surface area contributed by atoms with E-state index in [0.29, 0.717) is 31.0 Å². The Kier molecular flexibility index (Phi) is 8.81. The number of hydrogen-bond acceptors (Lipinski definition) is 7. The summed E-state index contributed by atoms with van der Waals surface area (Å²) in [5, 5.41) is 9.30. The van der Waals surface area contributed by atoms with Crippen molar-refractivity contribution in [2.24, 2.45) is 0 Å². The summed E-state index contributed by atoms with van der Waals surface area (Å²) in [5.41, 5.74) is 0.212. The quantitative estimate of drug-likeness (QED) is 0.818. The molecule has 24 heavy (non-hydrogen) atoms. The third-order valence-corrected chi connectivity index (χ3v) is 3.55. The second-order valence-electron chi connectivity index (χ2n) is 5.41. The maximum atomic E-state index is 10.5. The Hall–Kier alpha value is -2.12. The molecule has 1 saturated heterocycles. The van der Waals surface area contributed by atoms with Crippen LogP contribution in [0.15, 0.2) is 12.1 Å². The van der Waals surface area contributed by atoms with Gasteiger partial charge in [-0.2, -0.15) is 0 Å². The molecule has 2 aliphatic rings. The first-order valence-corrected chi connectivity index (χ1v) is 7.70. The Morgan fingerprint density at radius 3 is 2.21 bits per heavy atom. The number of phenols is 1. The summed E-state index contributed by atoms with van der Waals surface area (Å²) in [4.78, 5) is 22.7. The first kappa shape index (κ1) is 19.9. The Morgan fingerprint density at radius 2 is 1.79 bits per heavy atom. The number of carbonyl (C=O) groups excluding carboxylic acids is 2. The van der Waals surface area contributed by atoms with Crippen LogP contribution in [0.3, 0.4) is 0 Å². The topological polar surface area (TPSA) is 85.3 Å². The third kappa shape index (κ3) is 5.82. The highest BCUT2D eigenvalue weighted by Crippen LogP contribution is 2.35. The lowest BCUT2D eigenvalue weighted by Crippen LogP contribution is -2.25. The van der Waals surface area contributed by atoms with Crippen LogP contribution in [0.25, 0.3) is 0 Å². The minimum Gasteiger partial charge on any atom is -0.507 e. The number of fused-ring (bicyclic) bond motifs is 1. The van der Waals surface area contributed by atoms with Crippen molar-refractivity contribution in [3.8, 4) is 17.2 Å². The second kappa shape index (κ2) is 10.6. The number of hydrogen-bond donors (Lipinski definition) is 1. The maximum Gasteiger partial charge on any atom is 0.165 e. The molecule has 3 rings (SSSR count). The fraction of sp³-hybridized carbons (Fsp3) is 0.529. The highest BCUT2D eigenvalue weighted by Gasteiger charge is 2.18. The van der Waals surface area contributed by atoms with Gasteiger partial charge in [-0.1, -0.05) is 0 Å². The molecule has 0 radical (unpaired) electrons. The van der Waals surface area contributed by atoms with Gasteiger partial charge in [0.25, 0.3) is 0 Å². The summed E-state index contributed by atoms with van der Waals surface area (Å²) < 4.78 is 14.7. The van der Waals surface area contributed by atoms with Gasteiger partial charge in [0.15, 0.2) is 17.8 Å². The number of carbonyl (C=O) groups is 2. The van der Waals surface area contributed by atoms with Crippen LogP contribution in [0, 0.1) is 0 Å². The maximum absolute atomic E-state index is 10.5. The monoisotopic (exact) mass is 339 g/mol. The smallest absolute Gasteiger partial charge is 0.165 e. The molecule has 2 aliphatic heterocycles. The largest absolute Gasteiger partial charge is 0.507 e. The number of methoxy groups -OCH3 is 1. The molecule has 1 aromatic carbocycles. The molecule has 134 valence electrons. The third-order valence-electron chi connectivity index (χ3n) is 3.55. The molecule has 1 atom stereocenters. The molecule has 0 bridgehead atoms. The molecule has 0 aromatic heterocycles. The van der Waals surface area contributed by atoms with E-state index >= 15 is 0 Å². The van der Waals surface area contributed by atoms with E-state index in [9.17, 15) is 14.7 Å². The first-order chi connectivity index (χ1) is 11.6. The zero-order chi connectivity index (χ0) is 17.9. The van der Waals surface area contributed by atoms with E-state index in [1.165, 1.54) is 18.6 Å². The second-order valence-corrected chi connectivity index (χ2v) is 5.41. The molecule has 1 unspecified atom stereocenters. The molecule has 1 N–H and O–H groups in total. The number of benzene rings is 1. The van der Waals surface area contributed by atoms with Gasteiger partial charge in [0.1, 0.15) is 25.2 Å². The molecule has 0 spiro atoms. The predicted molar refractivity (Wildman–Crippen MR) is 89.1 cm³/mol. The van der Waals surface area contributed by atoms with Crippen molar-refractivity contribution in [3.63, 3.8) is 0 Å². The number of aldehydes is 2. The normalized spacial score (nSPS) is 18.5. The molecule has 0 saturated carbocycles. The minimum atomic E-state index is -0.0840. The van der Waals surface area contributed by atoms with Crippen molar-refractivity contribution in [2.75, 3.05) is 41.0 Å². The first-order valence-electron chi connectivity index (χ1n) is 7.70. The summed E-state index contributed by atoms with van der Waals surface area (Å²) in [6.07, 6.45) is 3.85. The van der Waals surface area contributed by atoms with E-state index in [1.807, 2.05) is 7.05 Å². The lowest BCUT2D eigenvalue weighted by atomic mass is 10.2. The van der Waals surface area contributed by atoms with Gasteiger partial charge in [0.2, 0.25) is 0 Å². The summed E-state index contributed by atoms with van der Waals surface area (Å²) in [6, 6.07) is 3.07. The Morgan fingerprint density at radius 1 is 1.21 bits per heavy atom. The van der Waals surface area contributed by atoms with E-state index in [1.54, 1.807) is 14.2 Å². The van der Waals surface area contributed by atoms with Gasteiger partial charge in [-0.15, -0.1) is 0 Å². The predicted octanol–water partition coefficient (Wildman–Crippen LogP) is 1.52. The molecule has 1 fully saturated rings. The minimum absolute atomic E-state index is 0.0840. The van der Waals surface area contributed by atoms with E-state index in [4.69, 9.17) is 9.47 Å². The molecule has 0 amide bonds. The van der Waals surface area contributed by atoms with Gasteiger partial charge in [-0.25, -0.2) is 0 Å². The molecule has 7 heteroatoms. The highest BCUT2D eigenvalue weighted by molar-refractivity contribution is 5.81. The Labute approximate surface area is 142 Å². The molecule has 0 aliphatic carbocycles. The lowest BCUT2D eigenvalue weighted by Gasteiger charge is -2.18. The number of ether oxygens (including phenoxy) is 3. The molecule has 7 nitrogen and oxygen atoms in total. The number of likely N-dealkylation sites (N-methyl/N-ethyl adjacent to an activating group) is 1. The Bertz CT molecular complexity index is 534. The summed E-state index contributed by atoms with van der Waals surface area (Å²) in [7, 11) is 5.24. The van der Waals surface area contributed by atoms with Gasteiger partial charge in [0.05, 0.1) is 11.6 Å². The molecular weight excluding hydrogens is 314 g/mol. The average molecular weight is 339 g/mol. The number of aromatic hydroxyl groups is 1. The highest BCUT2D eigenvalue weighted by atomic mass is 16.6. The zero-order valence-corrected chi connectivity index (χ0v) is 14.4. The molecular formula is C17H25NO6. The number of phenolic OH excluding ortho intramolecular Hbond substituents is 1. The van der Waals surface area contributed by atoms with Crippen molar-refractivity contribution in [2.45, 2.75) is 18.9 Å². The van der Waals surface area contributed by atoms with Crippen LogP contribution in [0.1, 0.15) is 23.2 Å². The van der Waals surface area contributed by atoms with Crippen LogP contribution in [0.2, 0.25) is 0 Å². The molecule has 2 heterocycles. The fourth-order valence-electron chi connectivity index (χ4n) is 2.30. The van der Waals surface area contributed by atoms with Gasteiger partial charge in [-0.05, 0) is 32.5 Å². The summed E-state index contributed by atoms with van der Waals surface area (Å²) in [5.74, 6) is 0.903. The van der Waals surface area contributed by atoms with Gasteiger partial charge >= 0.3 is 0 Å². The van der Waals surface area contributed by atoms with Crippen molar-refractivity contribution in [1.29, 1.82) is 0 Å². The van der Waals surface area contributed by atoms with Crippen molar-refractivity contribution < 1.29 is 28.9 Å². The fourth-order valence-corrected chi connectivity index (χ4v) is 2.30. The van der Waals surface area contributed by atoms with E-state index in [-0.39, 0.29) is 17.4 Å². The number of nitrogens with zero attached hydrogens (tertiary/aromatic N) is 1. The van der Waals surface area contributed by atoms with Crippen molar-refractivity contribution in [1.82, 2.24) is 4.90 Å². The van der Waals surface area contributed by atoms with Crippen LogP contribution < -0.4 is 9.47 Å². The van der Waals surface area contributed by atoms with Gasteiger partial charge in [-0.3, -0.25) is 9.69 Å². The zero-order valence-electron chi connectivity index (χ0n) is 14.4. The van der Waals surface area contributed by atoms with Crippen LogP contribution in [-0.4, -0.2) is 69.6 Å². The van der Waals surface area contributed by atoms with E-state index < -0.39 is 0 Å². The number of likely N-dealkylation sites (tertiary alicyclic amines) is 1. The number of rotatable bonds is 2. The van der Waals surface area contributed by atoms with E-state index in [0.717, 1.165) is 19.3 Å². The van der Waals surface area contributed by atoms with Crippen LogP contribution in [0.4, 0.5) is 0 Å². The molecule has 1 aromatic rings. The van der Waals surface area contributed by atoms with Crippen molar-refractivity contribution >= 4 is 12.6 Å².